The van der Waals surface area contributed by atoms with Crippen molar-refractivity contribution in [2.24, 2.45) is 0 Å². The number of benzene rings is 2. The zero-order chi connectivity index (χ0) is 19.3. The van der Waals surface area contributed by atoms with Crippen molar-refractivity contribution in [2.75, 3.05) is 32.0 Å². The smallest absolute Gasteiger partial charge is 0.318 e. The molecule has 0 saturated carbocycles. The number of nitrogens with one attached hydrogen (secondary N) is 2. The Morgan fingerprint density at radius 2 is 1.67 bits per heavy atom. The van der Waals surface area contributed by atoms with Crippen molar-refractivity contribution in [1.29, 1.82) is 0 Å². The van der Waals surface area contributed by atoms with E-state index in [0.29, 0.717) is 0 Å². The van der Waals surface area contributed by atoms with Crippen LogP contribution in [0, 0.1) is 0 Å². The highest BCUT2D eigenvalue weighted by molar-refractivity contribution is 5.89. The highest BCUT2D eigenvalue weighted by atomic mass is 16.2. The molecule has 0 spiro atoms. The molecule has 146 valence electrons. The third-order valence-electron chi connectivity index (χ3n) is 4.70. The van der Waals surface area contributed by atoms with E-state index in [2.05, 4.69) is 64.9 Å². The van der Waals surface area contributed by atoms with Crippen LogP contribution in [-0.4, -0.2) is 37.6 Å². The Hall–Kier alpha value is -2.33. The Bertz CT molecular complexity index is 672. The fourth-order valence-corrected chi connectivity index (χ4v) is 3.25. The maximum absolute atomic E-state index is 11.5. The van der Waals surface area contributed by atoms with Crippen LogP contribution >= 0.6 is 0 Å². The molecular formula is C23H33N3O. The first-order valence-electron chi connectivity index (χ1n) is 10.0. The molecule has 0 atom stereocenters. The second kappa shape index (κ2) is 12.1. The van der Waals surface area contributed by atoms with E-state index in [1.807, 2.05) is 12.1 Å². The number of hydrogen-bond donors (Lipinski definition) is 2. The van der Waals surface area contributed by atoms with Crippen LogP contribution in [0.2, 0.25) is 0 Å². The Balaban J connectivity index is 1.76. The molecule has 2 N–H and O–H groups in total. The van der Waals surface area contributed by atoms with Gasteiger partial charge < -0.3 is 15.5 Å². The molecule has 2 rings (SSSR count). The second-order valence-corrected chi connectivity index (χ2v) is 6.94. The largest absolute Gasteiger partial charge is 0.341 e. The molecule has 0 saturated heterocycles. The molecule has 0 aliphatic carbocycles. The number of hydrogen-bond acceptors (Lipinski definition) is 2. The number of carbonyl (C=O) groups excluding carboxylic acids is 1. The summed E-state index contributed by atoms with van der Waals surface area (Å²) in [5.74, 6) is 0. The fraction of sp³-hybridized carbons (Fsp3) is 0.435. The Morgan fingerprint density at radius 3 is 2.41 bits per heavy atom. The standard InChI is InChI=1S/C23H33N3O/c1-3-16-26(17-8-7-12-20-10-5-4-6-11-20)18-15-21-13-9-14-22(19-21)25-23(27)24-2/h4-6,9-11,13-14,19H,3,7-8,12,15-18H2,1-2H3,(H2,24,25,27). The minimum absolute atomic E-state index is 0.182. The minimum atomic E-state index is -0.182. The third kappa shape index (κ3) is 8.27. The molecule has 27 heavy (non-hydrogen) atoms. The van der Waals surface area contributed by atoms with Crippen molar-refractivity contribution < 1.29 is 4.79 Å². The SMILES string of the molecule is CCCN(CCCCc1ccccc1)CCc1cccc(NC(=O)NC)c1. The second-order valence-electron chi connectivity index (χ2n) is 6.94. The van der Waals surface area contributed by atoms with Gasteiger partial charge in [-0.3, -0.25) is 0 Å². The summed E-state index contributed by atoms with van der Waals surface area (Å²) < 4.78 is 0. The third-order valence-corrected chi connectivity index (χ3v) is 4.70. The van der Waals surface area contributed by atoms with Gasteiger partial charge in [0, 0.05) is 19.3 Å². The van der Waals surface area contributed by atoms with E-state index in [9.17, 15) is 4.79 Å². The fourth-order valence-electron chi connectivity index (χ4n) is 3.25. The molecule has 0 aromatic heterocycles. The number of urea groups is 1. The van der Waals surface area contributed by atoms with E-state index in [0.717, 1.165) is 38.2 Å². The van der Waals surface area contributed by atoms with Gasteiger partial charge in [0.15, 0.2) is 0 Å². The predicted molar refractivity (Wildman–Crippen MR) is 114 cm³/mol. The molecule has 2 amide bonds. The van der Waals surface area contributed by atoms with Gasteiger partial charge in [-0.25, -0.2) is 4.79 Å². The number of aryl methyl sites for hydroxylation is 1. The first kappa shape index (κ1) is 21.0. The number of unbranched alkanes of at least 4 members (excludes halogenated alkanes) is 1. The average molecular weight is 368 g/mol. The molecule has 2 aromatic rings. The summed E-state index contributed by atoms with van der Waals surface area (Å²) in [7, 11) is 1.62. The van der Waals surface area contributed by atoms with Crippen LogP contribution in [0.5, 0.6) is 0 Å². The van der Waals surface area contributed by atoms with Gasteiger partial charge in [-0.2, -0.15) is 0 Å². The summed E-state index contributed by atoms with van der Waals surface area (Å²) in [5, 5.41) is 5.42. The maximum atomic E-state index is 11.5. The van der Waals surface area contributed by atoms with Crippen molar-refractivity contribution in [3.63, 3.8) is 0 Å². The van der Waals surface area contributed by atoms with Gasteiger partial charge in [0.05, 0.1) is 0 Å². The van der Waals surface area contributed by atoms with E-state index in [1.165, 1.54) is 30.4 Å². The summed E-state index contributed by atoms with van der Waals surface area (Å²) in [6.45, 7) is 5.59. The van der Waals surface area contributed by atoms with E-state index in [-0.39, 0.29) is 6.03 Å². The van der Waals surface area contributed by atoms with E-state index >= 15 is 0 Å². The molecule has 0 aliphatic rings. The molecule has 0 unspecified atom stereocenters. The van der Waals surface area contributed by atoms with Gasteiger partial charge in [-0.05, 0) is 68.5 Å². The maximum Gasteiger partial charge on any atom is 0.318 e. The Morgan fingerprint density at radius 1 is 0.889 bits per heavy atom. The topological polar surface area (TPSA) is 44.4 Å². The Kier molecular flexibility index (Phi) is 9.42. The predicted octanol–water partition coefficient (Wildman–Crippen LogP) is 4.72. The van der Waals surface area contributed by atoms with E-state index in [4.69, 9.17) is 0 Å². The zero-order valence-electron chi connectivity index (χ0n) is 16.7. The van der Waals surface area contributed by atoms with Crippen molar-refractivity contribution in [2.45, 2.75) is 39.0 Å². The molecule has 0 bridgehead atoms. The minimum Gasteiger partial charge on any atom is -0.341 e. The van der Waals surface area contributed by atoms with Gasteiger partial charge in [-0.15, -0.1) is 0 Å². The molecule has 0 fully saturated rings. The lowest BCUT2D eigenvalue weighted by atomic mass is 10.1. The molecular weight excluding hydrogens is 334 g/mol. The van der Waals surface area contributed by atoms with Gasteiger partial charge in [-0.1, -0.05) is 49.4 Å². The lowest BCUT2D eigenvalue weighted by molar-refractivity contribution is 0.254. The highest BCUT2D eigenvalue weighted by Gasteiger charge is 2.06. The lowest BCUT2D eigenvalue weighted by Crippen LogP contribution is -2.28. The molecule has 0 radical (unpaired) electrons. The molecule has 4 nitrogen and oxygen atoms in total. The van der Waals surface area contributed by atoms with Crippen LogP contribution in [0.1, 0.15) is 37.3 Å². The van der Waals surface area contributed by atoms with Gasteiger partial charge >= 0.3 is 6.03 Å². The van der Waals surface area contributed by atoms with Crippen LogP contribution < -0.4 is 10.6 Å². The molecule has 0 heterocycles. The first-order valence-corrected chi connectivity index (χ1v) is 10.0. The summed E-state index contributed by atoms with van der Waals surface area (Å²) >= 11 is 0. The lowest BCUT2D eigenvalue weighted by Gasteiger charge is -2.22. The zero-order valence-corrected chi connectivity index (χ0v) is 16.7. The van der Waals surface area contributed by atoms with Crippen molar-refractivity contribution in [3.05, 3.63) is 65.7 Å². The molecule has 2 aromatic carbocycles. The van der Waals surface area contributed by atoms with E-state index in [1.54, 1.807) is 7.05 Å². The van der Waals surface area contributed by atoms with Gasteiger partial charge in [0.1, 0.15) is 0 Å². The summed E-state index contributed by atoms with van der Waals surface area (Å²) in [6, 6.07) is 18.7. The highest BCUT2D eigenvalue weighted by Crippen LogP contribution is 2.12. The van der Waals surface area contributed by atoms with Crippen molar-refractivity contribution in [3.8, 4) is 0 Å². The quantitative estimate of drug-likeness (QED) is 0.565. The van der Waals surface area contributed by atoms with Crippen molar-refractivity contribution >= 4 is 11.7 Å². The first-order chi connectivity index (χ1) is 13.2. The monoisotopic (exact) mass is 367 g/mol. The number of carbonyl (C=O) groups is 1. The molecule has 4 heteroatoms. The van der Waals surface area contributed by atoms with Crippen LogP contribution in [-0.2, 0) is 12.8 Å². The van der Waals surface area contributed by atoms with Crippen molar-refractivity contribution in [1.82, 2.24) is 10.2 Å². The van der Waals surface area contributed by atoms with Crippen LogP contribution in [0.25, 0.3) is 0 Å². The Labute approximate surface area is 164 Å². The number of nitrogens with zero attached hydrogens (tertiary/aromatic N) is 1. The summed E-state index contributed by atoms with van der Waals surface area (Å²) in [4.78, 5) is 14.0. The summed E-state index contributed by atoms with van der Waals surface area (Å²) in [5.41, 5.74) is 3.53. The normalized spacial score (nSPS) is 10.8. The van der Waals surface area contributed by atoms with Crippen LogP contribution in [0.4, 0.5) is 10.5 Å². The number of anilines is 1. The number of rotatable bonds is 11. The molecule has 0 aliphatic heterocycles. The van der Waals surface area contributed by atoms with Crippen LogP contribution in [0.15, 0.2) is 54.6 Å². The van der Waals surface area contributed by atoms with E-state index < -0.39 is 0 Å². The number of amides is 2. The van der Waals surface area contributed by atoms with Gasteiger partial charge in [0.2, 0.25) is 0 Å². The summed E-state index contributed by atoms with van der Waals surface area (Å²) in [6.07, 6.45) is 5.80. The average Bonchev–Trinajstić information content (AvgIpc) is 2.70. The van der Waals surface area contributed by atoms with Gasteiger partial charge in [0.25, 0.3) is 0 Å². The van der Waals surface area contributed by atoms with Crippen LogP contribution in [0.3, 0.4) is 0 Å².